The van der Waals surface area contributed by atoms with Crippen LogP contribution in [0.1, 0.15) is 37.3 Å². The highest BCUT2D eigenvalue weighted by Crippen LogP contribution is 2.44. The first-order chi connectivity index (χ1) is 15.7. The van der Waals surface area contributed by atoms with Crippen molar-refractivity contribution < 1.29 is 29.3 Å². The third-order valence-corrected chi connectivity index (χ3v) is 5.93. The molecule has 2 aromatic rings. The Hall–Kier alpha value is -3.39. The molecule has 0 radical (unpaired) electrons. The molecule has 0 unspecified atom stereocenters. The van der Waals surface area contributed by atoms with Gasteiger partial charge in [0.2, 0.25) is 5.91 Å². The van der Waals surface area contributed by atoms with Gasteiger partial charge in [0.15, 0.2) is 0 Å². The first kappa shape index (κ1) is 24.3. The van der Waals surface area contributed by atoms with Crippen molar-refractivity contribution in [3.05, 3.63) is 59.7 Å². The molecule has 8 nitrogen and oxygen atoms in total. The van der Waals surface area contributed by atoms with Gasteiger partial charge in [-0.2, -0.15) is 0 Å². The number of ether oxygens (including phenoxy) is 1. The summed E-state index contributed by atoms with van der Waals surface area (Å²) in [6.45, 7) is 2.88. The summed E-state index contributed by atoms with van der Waals surface area (Å²) in [5, 5.41) is 20.8. The van der Waals surface area contributed by atoms with Crippen LogP contribution in [-0.4, -0.2) is 65.9 Å². The van der Waals surface area contributed by atoms with Crippen LogP contribution >= 0.6 is 0 Å². The second-order valence-corrected chi connectivity index (χ2v) is 8.73. The quantitative estimate of drug-likeness (QED) is 0.508. The molecule has 0 heterocycles. The Labute approximate surface area is 193 Å². The number of rotatable bonds is 10. The number of carboxylic acids is 1. The summed E-state index contributed by atoms with van der Waals surface area (Å²) in [7, 11) is 0. The Kier molecular flexibility index (Phi) is 7.71. The first-order valence-electron chi connectivity index (χ1n) is 11.0. The number of carbonyl (C=O) groups is 3. The summed E-state index contributed by atoms with van der Waals surface area (Å²) in [4.78, 5) is 37.1. The molecule has 8 heteroatoms. The number of alkyl carbamates (subject to hydrolysis) is 1. The van der Waals surface area contributed by atoms with Crippen molar-refractivity contribution in [2.45, 2.75) is 26.2 Å². The molecule has 0 aliphatic heterocycles. The van der Waals surface area contributed by atoms with Gasteiger partial charge in [0, 0.05) is 24.4 Å². The zero-order valence-corrected chi connectivity index (χ0v) is 18.9. The molecule has 1 aliphatic carbocycles. The SMILES string of the molecule is CC(C)(CCNC(=O)OCC1c2ccccc2-c2ccccc21)C(=O)N(CCO)CC(=O)O. The number of hydrogen-bond acceptors (Lipinski definition) is 5. The van der Waals surface area contributed by atoms with E-state index in [1.165, 1.54) is 0 Å². The molecule has 0 aromatic heterocycles. The average molecular weight is 455 g/mol. The van der Waals surface area contributed by atoms with Crippen molar-refractivity contribution >= 4 is 18.0 Å². The van der Waals surface area contributed by atoms with Crippen LogP contribution in [0.4, 0.5) is 4.79 Å². The molecule has 3 rings (SSSR count). The Morgan fingerprint density at radius 1 is 1.03 bits per heavy atom. The molecule has 0 atom stereocenters. The van der Waals surface area contributed by atoms with E-state index in [2.05, 4.69) is 17.4 Å². The highest BCUT2D eigenvalue weighted by molar-refractivity contribution is 5.85. The highest BCUT2D eigenvalue weighted by atomic mass is 16.5. The molecule has 0 bridgehead atoms. The number of carbonyl (C=O) groups excluding carboxylic acids is 2. The van der Waals surface area contributed by atoms with Gasteiger partial charge < -0.3 is 25.2 Å². The molecule has 0 saturated carbocycles. The van der Waals surface area contributed by atoms with Crippen LogP contribution in [0.15, 0.2) is 48.5 Å². The van der Waals surface area contributed by atoms with Crippen LogP contribution in [0.2, 0.25) is 0 Å². The number of hydrogen-bond donors (Lipinski definition) is 3. The number of aliphatic carboxylic acids is 1. The minimum atomic E-state index is -1.15. The summed E-state index contributed by atoms with van der Waals surface area (Å²) >= 11 is 0. The zero-order valence-electron chi connectivity index (χ0n) is 18.9. The minimum absolute atomic E-state index is 0.0378. The second kappa shape index (κ2) is 10.5. The minimum Gasteiger partial charge on any atom is -0.480 e. The van der Waals surface area contributed by atoms with Crippen LogP contribution in [0, 0.1) is 5.41 Å². The van der Waals surface area contributed by atoms with Crippen molar-refractivity contribution in [1.29, 1.82) is 0 Å². The molecular weight excluding hydrogens is 424 g/mol. The number of benzene rings is 2. The van der Waals surface area contributed by atoms with E-state index in [0.717, 1.165) is 27.2 Å². The lowest BCUT2D eigenvalue weighted by Crippen LogP contribution is -2.46. The lowest BCUT2D eigenvalue weighted by molar-refractivity contribution is -0.149. The van der Waals surface area contributed by atoms with E-state index in [9.17, 15) is 14.4 Å². The van der Waals surface area contributed by atoms with Gasteiger partial charge in [-0.3, -0.25) is 9.59 Å². The van der Waals surface area contributed by atoms with Crippen LogP contribution < -0.4 is 5.32 Å². The predicted octanol–water partition coefficient (Wildman–Crippen LogP) is 2.85. The van der Waals surface area contributed by atoms with Gasteiger partial charge in [0.05, 0.1) is 6.61 Å². The fraction of sp³-hybridized carbons (Fsp3) is 0.400. The number of aliphatic hydroxyl groups is 1. The third kappa shape index (κ3) is 5.70. The van der Waals surface area contributed by atoms with Crippen molar-refractivity contribution in [3.63, 3.8) is 0 Å². The van der Waals surface area contributed by atoms with E-state index >= 15 is 0 Å². The maximum absolute atomic E-state index is 12.7. The number of nitrogens with zero attached hydrogens (tertiary/aromatic N) is 1. The lowest BCUT2D eigenvalue weighted by Gasteiger charge is -2.30. The number of aliphatic hydroxyl groups excluding tert-OH is 1. The van der Waals surface area contributed by atoms with Gasteiger partial charge in [-0.15, -0.1) is 0 Å². The molecule has 0 fully saturated rings. The maximum Gasteiger partial charge on any atom is 0.407 e. The topological polar surface area (TPSA) is 116 Å². The van der Waals surface area contributed by atoms with Gasteiger partial charge in [0.25, 0.3) is 0 Å². The summed E-state index contributed by atoms with van der Waals surface area (Å²) in [5.74, 6) is -1.58. The van der Waals surface area contributed by atoms with E-state index in [4.69, 9.17) is 14.9 Å². The van der Waals surface area contributed by atoms with Gasteiger partial charge in [-0.05, 0) is 28.7 Å². The Morgan fingerprint density at radius 2 is 1.61 bits per heavy atom. The van der Waals surface area contributed by atoms with E-state index in [1.54, 1.807) is 13.8 Å². The summed E-state index contributed by atoms with van der Waals surface area (Å²) in [6, 6.07) is 16.2. The molecule has 0 saturated heterocycles. The third-order valence-electron chi connectivity index (χ3n) is 5.93. The van der Waals surface area contributed by atoms with Crippen molar-refractivity contribution in [2.75, 3.05) is 32.8 Å². The Balaban J connectivity index is 1.53. The number of carboxylic acid groups (broad SMARTS) is 1. The summed E-state index contributed by atoms with van der Waals surface area (Å²) < 4.78 is 5.50. The molecule has 2 amide bonds. The average Bonchev–Trinajstić information content (AvgIpc) is 3.10. The number of nitrogens with one attached hydrogen (secondary N) is 1. The van der Waals surface area contributed by atoms with E-state index in [0.29, 0.717) is 0 Å². The van der Waals surface area contributed by atoms with Gasteiger partial charge >= 0.3 is 12.1 Å². The predicted molar refractivity (Wildman–Crippen MR) is 123 cm³/mol. The monoisotopic (exact) mass is 454 g/mol. The fourth-order valence-electron chi connectivity index (χ4n) is 4.20. The van der Waals surface area contributed by atoms with E-state index < -0.39 is 29.9 Å². The fourth-order valence-corrected chi connectivity index (χ4v) is 4.20. The largest absolute Gasteiger partial charge is 0.480 e. The van der Waals surface area contributed by atoms with Gasteiger partial charge in [-0.25, -0.2) is 4.79 Å². The Morgan fingerprint density at radius 3 is 2.15 bits per heavy atom. The van der Waals surface area contributed by atoms with Gasteiger partial charge in [0.1, 0.15) is 13.2 Å². The van der Waals surface area contributed by atoms with Crippen LogP contribution in [0.3, 0.4) is 0 Å². The van der Waals surface area contributed by atoms with Crippen molar-refractivity contribution in [3.8, 4) is 11.1 Å². The molecule has 3 N–H and O–H groups in total. The van der Waals surface area contributed by atoms with Crippen LogP contribution in [0.5, 0.6) is 0 Å². The Bertz CT molecular complexity index is 974. The summed E-state index contributed by atoms with van der Waals surface area (Å²) in [5.41, 5.74) is 3.63. The van der Waals surface area contributed by atoms with Crippen molar-refractivity contribution in [1.82, 2.24) is 10.2 Å². The zero-order chi connectivity index (χ0) is 24.0. The van der Waals surface area contributed by atoms with Crippen LogP contribution in [0.25, 0.3) is 11.1 Å². The number of amides is 2. The molecule has 33 heavy (non-hydrogen) atoms. The lowest BCUT2D eigenvalue weighted by atomic mass is 9.87. The molecule has 0 spiro atoms. The summed E-state index contributed by atoms with van der Waals surface area (Å²) in [6.07, 6.45) is -0.282. The normalized spacial score (nSPS) is 12.6. The molecule has 1 aliphatic rings. The van der Waals surface area contributed by atoms with Crippen molar-refractivity contribution in [2.24, 2.45) is 5.41 Å². The van der Waals surface area contributed by atoms with E-state index in [-0.39, 0.29) is 38.6 Å². The highest BCUT2D eigenvalue weighted by Gasteiger charge is 2.33. The van der Waals surface area contributed by atoms with Crippen LogP contribution in [-0.2, 0) is 14.3 Å². The molecular formula is C25H30N2O6. The molecule has 2 aromatic carbocycles. The maximum atomic E-state index is 12.7. The standard InChI is InChI=1S/C25H30N2O6/c1-25(2,23(31)27(13-14-28)15-22(29)30)11-12-26-24(32)33-16-21-19-9-5-3-7-17(19)18-8-4-6-10-20(18)21/h3-10,21,28H,11-16H2,1-2H3,(H,26,32)(H,29,30). The molecule has 176 valence electrons. The first-order valence-corrected chi connectivity index (χ1v) is 11.0. The second-order valence-electron chi connectivity index (χ2n) is 8.73. The van der Waals surface area contributed by atoms with Gasteiger partial charge in [-0.1, -0.05) is 62.4 Å². The smallest absolute Gasteiger partial charge is 0.407 e. The van der Waals surface area contributed by atoms with E-state index in [1.807, 2.05) is 36.4 Å². The number of fused-ring (bicyclic) bond motifs is 3.